The summed E-state index contributed by atoms with van der Waals surface area (Å²) < 4.78 is 12.2. The maximum Gasteiger partial charge on any atom is 0.254 e. The molecule has 0 aromatic heterocycles. The van der Waals surface area contributed by atoms with Crippen LogP contribution >= 0.6 is 0 Å². The van der Waals surface area contributed by atoms with Gasteiger partial charge in [-0.05, 0) is 0 Å². The third kappa shape index (κ3) is 2.66. The SMILES string of the molecule is COC(OC(OC)(C(=O)[O-])C(=O)[O-])C(=O)[O-]. The Kier molecular flexibility index (Phi) is 4.82. The fraction of sp³-hybridized carbons (Fsp3) is 0.571. The van der Waals surface area contributed by atoms with Crippen molar-refractivity contribution >= 4 is 17.9 Å². The lowest BCUT2D eigenvalue weighted by molar-refractivity contribution is -0.403. The summed E-state index contributed by atoms with van der Waals surface area (Å²) in [6.07, 6.45) is -2.27. The molecular formula is C7H7O9-3. The van der Waals surface area contributed by atoms with Crippen LogP contribution in [0, 0.1) is 0 Å². The zero-order valence-corrected chi connectivity index (χ0v) is 8.25. The van der Waals surface area contributed by atoms with Crippen molar-refractivity contribution in [3.05, 3.63) is 0 Å². The van der Waals surface area contributed by atoms with Gasteiger partial charge in [0.1, 0.15) is 11.9 Å². The molecule has 9 heteroatoms. The molecule has 1 atom stereocenters. The molecule has 0 aromatic carbocycles. The zero-order valence-electron chi connectivity index (χ0n) is 8.25. The molecule has 0 N–H and O–H groups in total. The Bertz CT molecular complexity index is 282. The summed E-state index contributed by atoms with van der Waals surface area (Å²) in [5, 5.41) is 31.4. The van der Waals surface area contributed by atoms with E-state index in [2.05, 4.69) is 14.2 Å². The Labute approximate surface area is 89.1 Å². The van der Waals surface area contributed by atoms with E-state index < -0.39 is 30.0 Å². The molecule has 0 rings (SSSR count). The highest BCUT2D eigenvalue weighted by Gasteiger charge is 2.38. The smallest absolute Gasteiger partial charge is 0.254 e. The molecule has 0 saturated heterocycles. The van der Waals surface area contributed by atoms with E-state index in [4.69, 9.17) is 0 Å². The maximum absolute atomic E-state index is 10.5. The van der Waals surface area contributed by atoms with Crippen molar-refractivity contribution < 1.29 is 43.9 Å². The van der Waals surface area contributed by atoms with Crippen molar-refractivity contribution in [2.45, 2.75) is 12.1 Å². The molecule has 16 heavy (non-hydrogen) atoms. The number of methoxy groups -OCH3 is 2. The minimum Gasteiger partial charge on any atom is -0.545 e. The lowest BCUT2D eigenvalue weighted by Crippen LogP contribution is -2.64. The number of carbonyl (C=O) groups excluding carboxylic acids is 3. The van der Waals surface area contributed by atoms with E-state index in [0.717, 1.165) is 7.11 Å². The average Bonchev–Trinajstić information content (AvgIpc) is 2.18. The number of hydrogen-bond donors (Lipinski definition) is 0. The third-order valence-corrected chi connectivity index (χ3v) is 1.50. The molecular weight excluding hydrogens is 228 g/mol. The van der Waals surface area contributed by atoms with Gasteiger partial charge < -0.3 is 43.9 Å². The topological polar surface area (TPSA) is 148 Å². The molecule has 0 fully saturated rings. The van der Waals surface area contributed by atoms with Crippen LogP contribution in [0.1, 0.15) is 0 Å². The number of carboxylic acids is 3. The van der Waals surface area contributed by atoms with Crippen LogP contribution in [0.15, 0.2) is 0 Å². The quantitative estimate of drug-likeness (QED) is 0.311. The summed E-state index contributed by atoms with van der Waals surface area (Å²) >= 11 is 0. The third-order valence-electron chi connectivity index (χ3n) is 1.50. The van der Waals surface area contributed by atoms with Gasteiger partial charge in [-0.15, -0.1) is 0 Å². The number of carbonyl (C=O) groups is 3. The summed E-state index contributed by atoms with van der Waals surface area (Å²) in [7, 11) is 1.47. The normalized spacial score (nSPS) is 13.1. The van der Waals surface area contributed by atoms with E-state index in [1.165, 1.54) is 0 Å². The predicted octanol–water partition coefficient (Wildman–Crippen LogP) is -5.43. The Balaban J connectivity index is 5.13. The maximum atomic E-state index is 10.5. The van der Waals surface area contributed by atoms with Crippen LogP contribution in [-0.4, -0.2) is 44.2 Å². The fourth-order valence-electron chi connectivity index (χ4n) is 0.738. The predicted molar refractivity (Wildman–Crippen MR) is 36.6 cm³/mol. The van der Waals surface area contributed by atoms with E-state index in [1.807, 2.05) is 0 Å². The highest BCUT2D eigenvalue weighted by Crippen LogP contribution is 2.14. The highest BCUT2D eigenvalue weighted by atomic mass is 16.8. The number of ether oxygens (including phenoxy) is 3. The fourth-order valence-corrected chi connectivity index (χ4v) is 0.738. The first-order chi connectivity index (χ1) is 7.31. The van der Waals surface area contributed by atoms with Crippen molar-refractivity contribution in [1.29, 1.82) is 0 Å². The number of aliphatic carboxylic acids is 3. The molecule has 0 spiro atoms. The summed E-state index contributed by atoms with van der Waals surface area (Å²) in [6.45, 7) is 0. The van der Waals surface area contributed by atoms with Crippen LogP contribution in [-0.2, 0) is 28.6 Å². The van der Waals surface area contributed by atoms with Gasteiger partial charge in [-0.25, -0.2) is 0 Å². The van der Waals surface area contributed by atoms with Gasteiger partial charge in [0, 0.05) is 14.2 Å². The van der Waals surface area contributed by atoms with Crippen LogP contribution < -0.4 is 15.3 Å². The van der Waals surface area contributed by atoms with E-state index in [0.29, 0.717) is 7.11 Å². The summed E-state index contributed by atoms with van der Waals surface area (Å²) in [6, 6.07) is 0. The van der Waals surface area contributed by atoms with Gasteiger partial charge in [0.05, 0.1) is 5.97 Å². The Hall–Kier alpha value is -1.71. The molecule has 0 aliphatic carbocycles. The molecule has 0 aromatic rings. The highest BCUT2D eigenvalue weighted by molar-refractivity contribution is 5.98. The van der Waals surface area contributed by atoms with Gasteiger partial charge >= 0.3 is 0 Å². The van der Waals surface area contributed by atoms with Crippen molar-refractivity contribution in [2.24, 2.45) is 0 Å². The van der Waals surface area contributed by atoms with Crippen LogP contribution in [0.25, 0.3) is 0 Å². The lowest BCUT2D eigenvalue weighted by Gasteiger charge is -2.36. The molecule has 0 aliphatic rings. The summed E-state index contributed by atoms with van der Waals surface area (Å²) in [5.41, 5.74) is 0. The molecule has 1 unspecified atom stereocenters. The molecule has 0 amide bonds. The first kappa shape index (κ1) is 14.3. The van der Waals surface area contributed by atoms with Gasteiger partial charge in [-0.2, -0.15) is 0 Å². The van der Waals surface area contributed by atoms with Crippen molar-refractivity contribution in [3.63, 3.8) is 0 Å². The molecule has 0 bridgehead atoms. The van der Waals surface area contributed by atoms with Crippen molar-refractivity contribution in [3.8, 4) is 0 Å². The van der Waals surface area contributed by atoms with Crippen molar-refractivity contribution in [1.82, 2.24) is 0 Å². The second-order valence-corrected chi connectivity index (χ2v) is 2.40. The zero-order chi connectivity index (χ0) is 12.9. The molecule has 92 valence electrons. The Morgan fingerprint density at radius 3 is 1.69 bits per heavy atom. The van der Waals surface area contributed by atoms with E-state index in [9.17, 15) is 29.7 Å². The van der Waals surface area contributed by atoms with Crippen LogP contribution in [0.5, 0.6) is 0 Å². The van der Waals surface area contributed by atoms with Crippen LogP contribution in [0.2, 0.25) is 0 Å². The van der Waals surface area contributed by atoms with Crippen LogP contribution in [0.4, 0.5) is 0 Å². The second kappa shape index (κ2) is 5.39. The van der Waals surface area contributed by atoms with E-state index >= 15 is 0 Å². The monoisotopic (exact) mass is 235 g/mol. The van der Waals surface area contributed by atoms with Gasteiger partial charge in [-0.1, -0.05) is 0 Å². The molecule has 0 radical (unpaired) electrons. The summed E-state index contributed by atoms with van der Waals surface area (Å²) in [4.78, 5) is 31.4. The van der Waals surface area contributed by atoms with Crippen molar-refractivity contribution in [2.75, 3.05) is 14.2 Å². The van der Waals surface area contributed by atoms with Gasteiger partial charge in [-0.3, -0.25) is 0 Å². The number of hydrogen-bond acceptors (Lipinski definition) is 9. The summed E-state index contributed by atoms with van der Waals surface area (Å²) in [5.74, 6) is -10.1. The average molecular weight is 235 g/mol. The largest absolute Gasteiger partial charge is 0.545 e. The first-order valence-electron chi connectivity index (χ1n) is 3.71. The molecule has 0 aliphatic heterocycles. The molecule has 0 saturated carbocycles. The van der Waals surface area contributed by atoms with Gasteiger partial charge in [0.15, 0.2) is 0 Å². The Morgan fingerprint density at radius 1 is 1.06 bits per heavy atom. The molecule has 9 nitrogen and oxygen atoms in total. The minimum absolute atomic E-state index is 0.646. The lowest BCUT2D eigenvalue weighted by atomic mass is 10.3. The number of carboxylic acid groups (broad SMARTS) is 3. The Morgan fingerprint density at radius 2 is 1.50 bits per heavy atom. The van der Waals surface area contributed by atoms with Crippen LogP contribution in [0.3, 0.4) is 0 Å². The molecule has 0 heterocycles. The van der Waals surface area contributed by atoms with Gasteiger partial charge in [0.2, 0.25) is 6.29 Å². The van der Waals surface area contributed by atoms with Gasteiger partial charge in [0.25, 0.3) is 5.79 Å². The standard InChI is InChI=1S/C7H10O9/c1-14-4(3(8)9)16-7(15-2,5(10)11)6(12)13/h4H,1-2H3,(H,8,9)(H,10,11)(H,12,13)/p-3. The van der Waals surface area contributed by atoms with E-state index in [1.54, 1.807) is 0 Å². The van der Waals surface area contributed by atoms with E-state index in [-0.39, 0.29) is 0 Å². The minimum atomic E-state index is -3.39. The first-order valence-corrected chi connectivity index (χ1v) is 3.71. The second-order valence-electron chi connectivity index (χ2n) is 2.40. The number of rotatable bonds is 7.